The van der Waals surface area contributed by atoms with Crippen LogP contribution in [0, 0.1) is 0 Å². The lowest BCUT2D eigenvalue weighted by molar-refractivity contribution is -0.132. The van der Waals surface area contributed by atoms with Crippen molar-refractivity contribution in [1.29, 1.82) is 0 Å². The van der Waals surface area contributed by atoms with E-state index < -0.39 is 0 Å². The summed E-state index contributed by atoms with van der Waals surface area (Å²) in [4.78, 5) is 19.0. The molecule has 4 heteroatoms. The van der Waals surface area contributed by atoms with E-state index in [4.69, 9.17) is 0 Å². The summed E-state index contributed by atoms with van der Waals surface area (Å²) in [6.45, 7) is 3.71. The molecule has 1 aromatic carbocycles. The molecular formula is C17H25N3O. The van der Waals surface area contributed by atoms with Gasteiger partial charge in [0.15, 0.2) is 0 Å². The molecule has 2 heterocycles. The van der Waals surface area contributed by atoms with Crippen molar-refractivity contribution in [2.45, 2.75) is 25.3 Å². The second kappa shape index (κ2) is 6.06. The highest BCUT2D eigenvalue weighted by Gasteiger charge is 2.34. The van der Waals surface area contributed by atoms with Gasteiger partial charge in [-0.05, 0) is 45.1 Å². The van der Waals surface area contributed by atoms with E-state index in [1.165, 1.54) is 11.3 Å². The molecule has 0 aliphatic carbocycles. The number of amides is 1. The summed E-state index contributed by atoms with van der Waals surface area (Å²) in [5.41, 5.74) is 2.81. The van der Waals surface area contributed by atoms with Crippen LogP contribution in [-0.2, 0) is 11.2 Å². The summed E-state index contributed by atoms with van der Waals surface area (Å²) >= 11 is 0. The van der Waals surface area contributed by atoms with Gasteiger partial charge in [0, 0.05) is 31.7 Å². The lowest BCUT2D eigenvalue weighted by atomic mass is 10.1. The SMILES string of the molecule is CN(C)CCCC(=O)N1CCN2c3ccccc3CC2C1. The van der Waals surface area contributed by atoms with Crippen LogP contribution in [0.1, 0.15) is 18.4 Å². The van der Waals surface area contributed by atoms with Gasteiger partial charge in [0.1, 0.15) is 0 Å². The van der Waals surface area contributed by atoms with Crippen molar-refractivity contribution < 1.29 is 4.79 Å². The van der Waals surface area contributed by atoms with Crippen molar-refractivity contribution in [3.63, 3.8) is 0 Å². The van der Waals surface area contributed by atoms with E-state index in [1.54, 1.807) is 0 Å². The Kier molecular flexibility index (Phi) is 4.15. The number of carbonyl (C=O) groups is 1. The highest BCUT2D eigenvalue weighted by Crippen LogP contribution is 2.33. The Morgan fingerprint density at radius 1 is 1.29 bits per heavy atom. The van der Waals surface area contributed by atoms with Crippen LogP contribution in [-0.4, -0.2) is 62.0 Å². The van der Waals surface area contributed by atoms with Crippen molar-refractivity contribution in [3.8, 4) is 0 Å². The number of anilines is 1. The molecular weight excluding hydrogens is 262 g/mol. The molecule has 3 rings (SSSR count). The molecule has 114 valence electrons. The van der Waals surface area contributed by atoms with Gasteiger partial charge in [-0.25, -0.2) is 0 Å². The van der Waals surface area contributed by atoms with Crippen molar-refractivity contribution in [2.24, 2.45) is 0 Å². The lowest BCUT2D eigenvalue weighted by Gasteiger charge is -2.39. The van der Waals surface area contributed by atoms with Gasteiger partial charge in [-0.2, -0.15) is 0 Å². The first-order valence-corrected chi connectivity index (χ1v) is 7.92. The zero-order valence-corrected chi connectivity index (χ0v) is 13.1. The van der Waals surface area contributed by atoms with Gasteiger partial charge < -0.3 is 14.7 Å². The molecule has 1 fully saturated rings. The first-order valence-electron chi connectivity index (χ1n) is 7.92. The molecule has 2 aliphatic rings. The molecule has 1 saturated heterocycles. The fourth-order valence-corrected chi connectivity index (χ4v) is 3.50. The minimum Gasteiger partial charge on any atom is -0.364 e. The van der Waals surface area contributed by atoms with E-state index in [9.17, 15) is 4.79 Å². The van der Waals surface area contributed by atoms with Crippen LogP contribution >= 0.6 is 0 Å². The van der Waals surface area contributed by atoms with Crippen LogP contribution in [0.25, 0.3) is 0 Å². The number of hydrogen-bond donors (Lipinski definition) is 0. The van der Waals surface area contributed by atoms with Crippen LogP contribution in [0.2, 0.25) is 0 Å². The highest BCUT2D eigenvalue weighted by molar-refractivity contribution is 5.77. The van der Waals surface area contributed by atoms with Gasteiger partial charge in [-0.1, -0.05) is 18.2 Å². The predicted molar refractivity (Wildman–Crippen MR) is 85.6 cm³/mol. The number of benzene rings is 1. The topological polar surface area (TPSA) is 26.8 Å². The quantitative estimate of drug-likeness (QED) is 0.841. The number of para-hydroxylation sites is 1. The Balaban J connectivity index is 1.56. The summed E-state index contributed by atoms with van der Waals surface area (Å²) in [6.07, 6.45) is 2.71. The third-order valence-corrected chi connectivity index (χ3v) is 4.59. The summed E-state index contributed by atoms with van der Waals surface area (Å²) < 4.78 is 0. The minimum atomic E-state index is 0.326. The molecule has 4 nitrogen and oxygen atoms in total. The van der Waals surface area contributed by atoms with Crippen molar-refractivity contribution >= 4 is 11.6 Å². The van der Waals surface area contributed by atoms with E-state index in [2.05, 4.69) is 53.1 Å². The molecule has 21 heavy (non-hydrogen) atoms. The Bertz CT molecular complexity index is 515. The van der Waals surface area contributed by atoms with E-state index in [0.29, 0.717) is 18.4 Å². The van der Waals surface area contributed by atoms with E-state index >= 15 is 0 Å². The summed E-state index contributed by atoms with van der Waals surface area (Å²) in [6, 6.07) is 9.14. The van der Waals surface area contributed by atoms with E-state index in [1.807, 2.05) is 0 Å². The number of piperazine rings is 1. The Morgan fingerprint density at radius 2 is 2.10 bits per heavy atom. The fourth-order valence-electron chi connectivity index (χ4n) is 3.50. The number of hydrogen-bond acceptors (Lipinski definition) is 3. The molecule has 1 unspecified atom stereocenters. The van der Waals surface area contributed by atoms with Crippen LogP contribution < -0.4 is 4.90 Å². The summed E-state index contributed by atoms with van der Waals surface area (Å²) in [5, 5.41) is 0. The van der Waals surface area contributed by atoms with Crippen molar-refractivity contribution in [1.82, 2.24) is 9.80 Å². The molecule has 1 amide bonds. The normalized spacial score (nSPS) is 20.6. The molecule has 1 aromatic rings. The van der Waals surface area contributed by atoms with Gasteiger partial charge in [0.05, 0.1) is 6.04 Å². The number of rotatable bonds is 4. The average molecular weight is 287 g/mol. The third-order valence-electron chi connectivity index (χ3n) is 4.59. The standard InChI is InChI=1S/C17H25N3O/c1-18(2)9-5-8-17(21)19-10-11-20-15(13-19)12-14-6-3-4-7-16(14)20/h3-4,6-7,15H,5,8-13H2,1-2H3. The molecule has 1 atom stereocenters. The summed E-state index contributed by atoms with van der Waals surface area (Å²) in [7, 11) is 4.11. The highest BCUT2D eigenvalue weighted by atomic mass is 16.2. The van der Waals surface area contributed by atoms with Gasteiger partial charge >= 0.3 is 0 Å². The minimum absolute atomic E-state index is 0.326. The van der Waals surface area contributed by atoms with E-state index in [0.717, 1.165) is 39.0 Å². The lowest BCUT2D eigenvalue weighted by Crippen LogP contribution is -2.53. The molecule has 0 saturated carbocycles. The van der Waals surface area contributed by atoms with Crippen LogP contribution in [0.4, 0.5) is 5.69 Å². The second-order valence-corrected chi connectivity index (χ2v) is 6.43. The summed E-state index contributed by atoms with van der Waals surface area (Å²) in [5.74, 6) is 0.326. The van der Waals surface area contributed by atoms with Crippen LogP contribution in [0.5, 0.6) is 0 Å². The first kappa shape index (κ1) is 14.4. The zero-order valence-electron chi connectivity index (χ0n) is 13.1. The maximum Gasteiger partial charge on any atom is 0.222 e. The second-order valence-electron chi connectivity index (χ2n) is 6.43. The number of nitrogens with zero attached hydrogens (tertiary/aromatic N) is 3. The van der Waals surface area contributed by atoms with Gasteiger partial charge in [0.25, 0.3) is 0 Å². The molecule has 0 radical (unpaired) electrons. The Labute approximate surface area is 127 Å². The first-order chi connectivity index (χ1) is 10.1. The molecule has 2 aliphatic heterocycles. The maximum absolute atomic E-state index is 12.3. The van der Waals surface area contributed by atoms with Gasteiger partial charge in [-0.3, -0.25) is 4.79 Å². The number of fused-ring (bicyclic) bond motifs is 3. The maximum atomic E-state index is 12.3. The number of carbonyl (C=O) groups excluding carboxylic acids is 1. The Hall–Kier alpha value is -1.55. The smallest absolute Gasteiger partial charge is 0.222 e. The van der Waals surface area contributed by atoms with E-state index in [-0.39, 0.29) is 0 Å². The fraction of sp³-hybridized carbons (Fsp3) is 0.588. The van der Waals surface area contributed by atoms with Crippen molar-refractivity contribution in [3.05, 3.63) is 29.8 Å². The predicted octanol–water partition coefficient (Wildman–Crippen LogP) is 1.60. The Morgan fingerprint density at radius 3 is 2.90 bits per heavy atom. The third kappa shape index (κ3) is 3.05. The van der Waals surface area contributed by atoms with Crippen LogP contribution in [0.15, 0.2) is 24.3 Å². The largest absolute Gasteiger partial charge is 0.364 e. The molecule has 0 aromatic heterocycles. The molecule has 0 spiro atoms. The average Bonchev–Trinajstić information content (AvgIpc) is 2.84. The van der Waals surface area contributed by atoms with Gasteiger partial charge in [0.2, 0.25) is 5.91 Å². The van der Waals surface area contributed by atoms with Crippen molar-refractivity contribution in [2.75, 3.05) is 45.2 Å². The molecule has 0 N–H and O–H groups in total. The zero-order chi connectivity index (χ0) is 14.8. The molecule has 0 bridgehead atoms. The van der Waals surface area contributed by atoms with Crippen LogP contribution in [0.3, 0.4) is 0 Å². The van der Waals surface area contributed by atoms with Gasteiger partial charge in [-0.15, -0.1) is 0 Å². The monoisotopic (exact) mass is 287 g/mol.